The van der Waals surface area contributed by atoms with Crippen molar-refractivity contribution in [3.8, 4) is 0 Å². The van der Waals surface area contributed by atoms with Gasteiger partial charge in [0.05, 0.1) is 0 Å². The fourth-order valence-corrected chi connectivity index (χ4v) is 2.49. The van der Waals surface area contributed by atoms with Crippen molar-refractivity contribution in [3.63, 3.8) is 0 Å². The van der Waals surface area contributed by atoms with Gasteiger partial charge in [0.1, 0.15) is 0 Å². The van der Waals surface area contributed by atoms with Crippen molar-refractivity contribution in [3.05, 3.63) is 35.9 Å². The highest BCUT2D eigenvalue weighted by Crippen LogP contribution is 2.29. The molecule has 0 unspecified atom stereocenters. The Hall–Kier alpha value is -0.860. The summed E-state index contributed by atoms with van der Waals surface area (Å²) < 4.78 is 0. The Bertz CT molecular complexity index is 324. The first-order valence-corrected chi connectivity index (χ1v) is 6.17. The molecule has 0 radical (unpaired) electrons. The summed E-state index contributed by atoms with van der Waals surface area (Å²) in [4.78, 5) is 2.55. The summed E-state index contributed by atoms with van der Waals surface area (Å²) in [6, 6.07) is 11.1. The fourth-order valence-electron chi connectivity index (χ4n) is 2.49. The first-order chi connectivity index (χ1) is 7.60. The molecular weight excluding hydrogens is 196 g/mol. The maximum absolute atomic E-state index is 5.95. The summed E-state index contributed by atoms with van der Waals surface area (Å²) in [7, 11) is 0. The number of rotatable bonds is 2. The maximum Gasteiger partial charge on any atom is 0.0404 e. The molecule has 1 aromatic carbocycles. The van der Waals surface area contributed by atoms with E-state index in [4.69, 9.17) is 5.73 Å². The molecule has 0 aromatic heterocycles. The van der Waals surface area contributed by atoms with Crippen molar-refractivity contribution in [2.24, 2.45) is 5.73 Å². The van der Waals surface area contributed by atoms with E-state index in [9.17, 15) is 0 Å². The van der Waals surface area contributed by atoms with E-state index in [1.165, 1.54) is 5.56 Å². The molecule has 1 aliphatic heterocycles. The highest BCUT2D eigenvalue weighted by Gasteiger charge is 2.30. The minimum Gasteiger partial charge on any atom is -0.328 e. The van der Waals surface area contributed by atoms with Crippen molar-refractivity contribution in [1.29, 1.82) is 0 Å². The number of hydrogen-bond donors (Lipinski definition) is 1. The fraction of sp³-hybridized carbons (Fsp3) is 0.571. The van der Waals surface area contributed by atoms with Crippen LogP contribution in [0.4, 0.5) is 0 Å². The maximum atomic E-state index is 5.95. The lowest BCUT2D eigenvalue weighted by Gasteiger charge is -2.42. The molecule has 0 aliphatic carbocycles. The van der Waals surface area contributed by atoms with E-state index in [0.717, 1.165) is 25.9 Å². The summed E-state index contributed by atoms with van der Waals surface area (Å²) in [5.74, 6) is 0. The van der Waals surface area contributed by atoms with Gasteiger partial charge in [-0.2, -0.15) is 0 Å². The molecule has 1 fully saturated rings. The molecule has 0 saturated carbocycles. The van der Waals surface area contributed by atoms with Crippen LogP contribution in [-0.2, 0) is 5.54 Å². The monoisotopic (exact) mass is 218 g/mol. The van der Waals surface area contributed by atoms with Gasteiger partial charge in [0.2, 0.25) is 0 Å². The van der Waals surface area contributed by atoms with Gasteiger partial charge >= 0.3 is 0 Å². The lowest BCUT2D eigenvalue weighted by molar-refractivity contribution is 0.0874. The second kappa shape index (κ2) is 4.56. The zero-order valence-corrected chi connectivity index (χ0v) is 10.3. The van der Waals surface area contributed by atoms with Crippen LogP contribution in [0.2, 0.25) is 0 Å². The Kier molecular flexibility index (Phi) is 3.31. The second-order valence-electron chi connectivity index (χ2n) is 5.25. The number of nitrogens with zero attached hydrogens (tertiary/aromatic N) is 1. The van der Waals surface area contributed by atoms with Gasteiger partial charge in [0.25, 0.3) is 0 Å². The number of piperidine rings is 1. The summed E-state index contributed by atoms with van der Waals surface area (Å²) in [5, 5.41) is 0. The third kappa shape index (κ3) is 2.28. The summed E-state index contributed by atoms with van der Waals surface area (Å²) in [6.45, 7) is 6.84. The van der Waals surface area contributed by atoms with Crippen LogP contribution in [0.25, 0.3) is 0 Å². The molecule has 1 saturated heterocycles. The van der Waals surface area contributed by atoms with Crippen LogP contribution in [0.15, 0.2) is 30.3 Å². The standard InChI is InChI=1S/C14H22N2/c1-14(2,12-6-4-3-5-7-12)16-10-8-13(15)9-11-16/h3-7,13H,8-11,15H2,1-2H3. The van der Waals surface area contributed by atoms with Crippen molar-refractivity contribution in [1.82, 2.24) is 4.90 Å². The van der Waals surface area contributed by atoms with E-state index in [1.807, 2.05) is 0 Å². The Morgan fingerprint density at radius 2 is 1.69 bits per heavy atom. The summed E-state index contributed by atoms with van der Waals surface area (Å²) in [6.07, 6.45) is 2.24. The molecule has 1 aliphatic rings. The van der Waals surface area contributed by atoms with E-state index in [0.29, 0.717) is 6.04 Å². The minimum atomic E-state index is 0.126. The molecule has 2 rings (SSSR count). The normalized spacial score (nSPS) is 19.9. The van der Waals surface area contributed by atoms with Crippen molar-refractivity contribution < 1.29 is 0 Å². The van der Waals surface area contributed by atoms with Gasteiger partial charge in [0, 0.05) is 24.7 Å². The highest BCUT2D eigenvalue weighted by atomic mass is 15.2. The molecule has 16 heavy (non-hydrogen) atoms. The lowest BCUT2D eigenvalue weighted by Crippen LogP contribution is -2.48. The first kappa shape index (κ1) is 11.6. The molecule has 88 valence electrons. The smallest absolute Gasteiger partial charge is 0.0404 e. The van der Waals surface area contributed by atoms with Crippen LogP contribution < -0.4 is 5.73 Å². The molecule has 2 heteroatoms. The molecular formula is C14H22N2. The Labute approximate surface area is 98.4 Å². The zero-order chi connectivity index (χ0) is 11.6. The zero-order valence-electron chi connectivity index (χ0n) is 10.3. The van der Waals surface area contributed by atoms with Crippen molar-refractivity contribution >= 4 is 0 Å². The molecule has 1 heterocycles. The molecule has 2 N–H and O–H groups in total. The topological polar surface area (TPSA) is 29.3 Å². The Morgan fingerprint density at radius 3 is 2.25 bits per heavy atom. The third-order valence-corrected chi connectivity index (χ3v) is 3.81. The summed E-state index contributed by atoms with van der Waals surface area (Å²) in [5.41, 5.74) is 7.47. The van der Waals surface area contributed by atoms with Crippen LogP contribution >= 0.6 is 0 Å². The van der Waals surface area contributed by atoms with E-state index in [2.05, 4.69) is 49.1 Å². The van der Waals surface area contributed by atoms with Crippen LogP contribution in [0.5, 0.6) is 0 Å². The molecule has 2 nitrogen and oxygen atoms in total. The number of hydrogen-bond acceptors (Lipinski definition) is 2. The van der Waals surface area contributed by atoms with Crippen molar-refractivity contribution in [2.75, 3.05) is 13.1 Å². The van der Waals surface area contributed by atoms with Crippen LogP contribution in [0.3, 0.4) is 0 Å². The van der Waals surface area contributed by atoms with Gasteiger partial charge in [-0.3, -0.25) is 4.90 Å². The van der Waals surface area contributed by atoms with E-state index < -0.39 is 0 Å². The van der Waals surface area contributed by atoms with E-state index in [1.54, 1.807) is 0 Å². The highest BCUT2D eigenvalue weighted by molar-refractivity contribution is 5.23. The SMILES string of the molecule is CC(C)(c1ccccc1)N1CCC(N)CC1. The predicted molar refractivity (Wildman–Crippen MR) is 68.3 cm³/mol. The van der Waals surface area contributed by atoms with Crippen molar-refractivity contribution in [2.45, 2.75) is 38.3 Å². The first-order valence-electron chi connectivity index (χ1n) is 6.17. The molecule has 1 aromatic rings. The molecule has 0 bridgehead atoms. The Balaban J connectivity index is 2.13. The number of likely N-dealkylation sites (tertiary alicyclic amines) is 1. The van der Waals surface area contributed by atoms with Gasteiger partial charge in [-0.1, -0.05) is 30.3 Å². The summed E-state index contributed by atoms with van der Waals surface area (Å²) >= 11 is 0. The molecule has 0 amide bonds. The molecule has 0 atom stereocenters. The molecule has 0 spiro atoms. The van der Waals surface area contributed by atoms with Gasteiger partial charge in [-0.25, -0.2) is 0 Å². The average molecular weight is 218 g/mol. The largest absolute Gasteiger partial charge is 0.328 e. The van der Waals surface area contributed by atoms with Gasteiger partial charge in [-0.05, 0) is 32.3 Å². The predicted octanol–water partition coefficient (Wildman–Crippen LogP) is 2.34. The number of nitrogens with two attached hydrogens (primary N) is 1. The van der Waals surface area contributed by atoms with Gasteiger partial charge in [0.15, 0.2) is 0 Å². The van der Waals surface area contributed by atoms with Crippen LogP contribution in [0, 0.1) is 0 Å². The van der Waals surface area contributed by atoms with Crippen LogP contribution in [-0.4, -0.2) is 24.0 Å². The Morgan fingerprint density at radius 1 is 1.12 bits per heavy atom. The quantitative estimate of drug-likeness (QED) is 0.825. The number of benzene rings is 1. The van der Waals surface area contributed by atoms with Crippen LogP contribution in [0.1, 0.15) is 32.3 Å². The lowest BCUT2D eigenvalue weighted by atomic mass is 9.89. The average Bonchev–Trinajstić information content (AvgIpc) is 2.31. The second-order valence-corrected chi connectivity index (χ2v) is 5.25. The van der Waals surface area contributed by atoms with Gasteiger partial charge in [-0.15, -0.1) is 0 Å². The van der Waals surface area contributed by atoms with Gasteiger partial charge < -0.3 is 5.73 Å². The minimum absolute atomic E-state index is 0.126. The van der Waals surface area contributed by atoms with E-state index in [-0.39, 0.29) is 5.54 Å². The van der Waals surface area contributed by atoms with E-state index >= 15 is 0 Å². The third-order valence-electron chi connectivity index (χ3n) is 3.81.